The highest BCUT2D eigenvalue weighted by Gasteiger charge is 2.31. The molecule has 1 fully saturated rings. The highest BCUT2D eigenvalue weighted by Crippen LogP contribution is 2.16. The van der Waals surface area contributed by atoms with Crippen LogP contribution in [0, 0.1) is 6.92 Å². The third-order valence-corrected chi connectivity index (χ3v) is 5.21. The first kappa shape index (κ1) is 18.8. The molecule has 0 aromatic heterocycles. The molecule has 2 aromatic carbocycles. The molecular weight excluding hydrogens is 342 g/mol. The van der Waals surface area contributed by atoms with E-state index < -0.39 is 0 Å². The van der Waals surface area contributed by atoms with Crippen LogP contribution in [-0.4, -0.2) is 37.5 Å². The van der Waals surface area contributed by atoms with Crippen LogP contribution >= 0.6 is 12.2 Å². The fourth-order valence-electron chi connectivity index (χ4n) is 3.64. The predicted molar refractivity (Wildman–Crippen MR) is 111 cm³/mol. The first-order valence-corrected chi connectivity index (χ1v) is 9.66. The molecule has 3 N–H and O–H groups in total. The molecule has 1 aliphatic heterocycles. The summed E-state index contributed by atoms with van der Waals surface area (Å²) in [5.41, 5.74) is 3.57. The Balaban J connectivity index is 1.71. The summed E-state index contributed by atoms with van der Waals surface area (Å²) in [4.78, 5) is 1.54. The van der Waals surface area contributed by atoms with Gasteiger partial charge in [0, 0.05) is 11.3 Å². The maximum Gasteiger partial charge on any atom is 0.171 e. The topological polar surface area (TPSA) is 37.7 Å². The lowest BCUT2D eigenvalue weighted by atomic mass is 9.98. The number of ether oxygens (including phenoxy) is 1. The van der Waals surface area contributed by atoms with Crippen molar-refractivity contribution < 1.29 is 9.64 Å². The lowest BCUT2D eigenvalue weighted by molar-refractivity contribution is -0.940. The molecular formula is C21H28N3OS+. The van der Waals surface area contributed by atoms with Gasteiger partial charge in [-0.2, -0.15) is 0 Å². The number of quaternary nitrogens is 1. The third-order valence-electron chi connectivity index (χ3n) is 4.99. The summed E-state index contributed by atoms with van der Waals surface area (Å²) < 4.78 is 5.56. The van der Waals surface area contributed by atoms with E-state index in [0.29, 0.717) is 11.2 Å². The van der Waals surface area contributed by atoms with E-state index in [4.69, 9.17) is 17.0 Å². The minimum atomic E-state index is 0.203. The number of anilines is 1. The summed E-state index contributed by atoms with van der Waals surface area (Å²) in [6, 6.07) is 19.4. The number of hydrogen-bond donors (Lipinski definition) is 3. The number of nitrogens with one attached hydrogen (secondary N) is 3. The molecule has 26 heavy (non-hydrogen) atoms. The molecule has 4 nitrogen and oxygen atoms in total. The molecule has 0 radical (unpaired) electrons. The van der Waals surface area contributed by atoms with Crippen LogP contribution in [0.5, 0.6) is 0 Å². The average molecular weight is 371 g/mol. The van der Waals surface area contributed by atoms with E-state index in [1.54, 1.807) is 4.90 Å². The molecule has 5 heteroatoms. The molecule has 1 aliphatic rings. The molecule has 0 saturated carbocycles. The van der Waals surface area contributed by atoms with Crippen molar-refractivity contribution in [3.05, 3.63) is 65.7 Å². The van der Waals surface area contributed by atoms with Crippen LogP contribution < -0.4 is 15.5 Å². The Morgan fingerprint density at radius 2 is 1.69 bits per heavy atom. The fourth-order valence-corrected chi connectivity index (χ4v) is 3.94. The van der Waals surface area contributed by atoms with E-state index in [-0.39, 0.29) is 6.04 Å². The largest absolute Gasteiger partial charge is 0.370 e. The zero-order valence-electron chi connectivity index (χ0n) is 15.5. The Morgan fingerprint density at radius 3 is 2.38 bits per heavy atom. The van der Waals surface area contributed by atoms with Gasteiger partial charge in [0.1, 0.15) is 19.1 Å². The smallest absolute Gasteiger partial charge is 0.171 e. The van der Waals surface area contributed by atoms with Gasteiger partial charge in [-0.05, 0) is 37.7 Å². The monoisotopic (exact) mass is 370 g/mol. The number of benzene rings is 2. The molecule has 1 heterocycles. The minimum Gasteiger partial charge on any atom is -0.370 e. The molecule has 2 aromatic rings. The zero-order chi connectivity index (χ0) is 18.4. The van der Waals surface area contributed by atoms with Crippen molar-refractivity contribution in [2.75, 3.05) is 31.6 Å². The SMILES string of the molecule is Cc1ccccc1NC(=S)N[C@H](C)[C@@H](c1ccccc1)[NH+]1CCOCC1. The van der Waals surface area contributed by atoms with E-state index in [0.717, 1.165) is 32.0 Å². The van der Waals surface area contributed by atoms with E-state index in [1.165, 1.54) is 11.1 Å². The van der Waals surface area contributed by atoms with Crippen LogP contribution in [0.25, 0.3) is 0 Å². The molecule has 0 bridgehead atoms. The fraction of sp³-hybridized carbons (Fsp3) is 0.381. The Labute approximate surface area is 161 Å². The normalized spacial score (nSPS) is 17.3. The predicted octanol–water partition coefficient (Wildman–Crippen LogP) is 2.33. The van der Waals surface area contributed by atoms with Gasteiger partial charge in [-0.3, -0.25) is 0 Å². The van der Waals surface area contributed by atoms with Crippen molar-refractivity contribution in [2.45, 2.75) is 25.9 Å². The van der Waals surface area contributed by atoms with Gasteiger partial charge in [-0.15, -0.1) is 0 Å². The molecule has 1 saturated heterocycles. The van der Waals surface area contributed by atoms with E-state index in [1.807, 2.05) is 12.1 Å². The average Bonchev–Trinajstić information content (AvgIpc) is 2.65. The van der Waals surface area contributed by atoms with Crippen LogP contribution in [0.4, 0.5) is 5.69 Å². The van der Waals surface area contributed by atoms with Gasteiger partial charge in [-0.1, -0.05) is 48.5 Å². The second-order valence-electron chi connectivity index (χ2n) is 6.86. The van der Waals surface area contributed by atoms with Gasteiger partial charge >= 0.3 is 0 Å². The second-order valence-corrected chi connectivity index (χ2v) is 7.27. The first-order valence-electron chi connectivity index (χ1n) is 9.25. The Hall–Kier alpha value is -1.95. The second kappa shape index (κ2) is 9.12. The summed E-state index contributed by atoms with van der Waals surface area (Å²) in [6.07, 6.45) is 0. The quantitative estimate of drug-likeness (QED) is 0.707. The highest BCUT2D eigenvalue weighted by molar-refractivity contribution is 7.80. The number of morpholine rings is 1. The van der Waals surface area contributed by atoms with Gasteiger partial charge in [0.2, 0.25) is 0 Å². The van der Waals surface area contributed by atoms with Crippen LogP contribution in [0.1, 0.15) is 24.1 Å². The van der Waals surface area contributed by atoms with Crippen LogP contribution in [-0.2, 0) is 4.74 Å². The Kier molecular flexibility index (Phi) is 6.61. The molecule has 0 unspecified atom stereocenters. The van der Waals surface area contributed by atoms with Crippen LogP contribution in [0.2, 0.25) is 0 Å². The molecule has 138 valence electrons. The van der Waals surface area contributed by atoms with Gasteiger partial charge in [0.15, 0.2) is 5.11 Å². The molecule has 0 spiro atoms. The van der Waals surface area contributed by atoms with E-state index in [9.17, 15) is 0 Å². The summed E-state index contributed by atoms with van der Waals surface area (Å²) in [7, 11) is 0. The zero-order valence-corrected chi connectivity index (χ0v) is 16.3. The number of aryl methyl sites for hydroxylation is 1. The Morgan fingerprint density at radius 1 is 1.04 bits per heavy atom. The van der Waals surface area contributed by atoms with Crippen molar-refractivity contribution >= 4 is 23.0 Å². The number of para-hydroxylation sites is 1. The van der Waals surface area contributed by atoms with Crippen molar-refractivity contribution in [1.29, 1.82) is 0 Å². The van der Waals surface area contributed by atoms with Crippen LogP contribution in [0.15, 0.2) is 54.6 Å². The van der Waals surface area contributed by atoms with Crippen LogP contribution in [0.3, 0.4) is 0 Å². The summed E-state index contributed by atoms with van der Waals surface area (Å²) >= 11 is 5.59. The van der Waals surface area contributed by atoms with Crippen molar-refractivity contribution in [1.82, 2.24) is 5.32 Å². The van der Waals surface area contributed by atoms with Gasteiger partial charge in [0.25, 0.3) is 0 Å². The molecule has 2 atom stereocenters. The third kappa shape index (κ3) is 4.81. The number of thiocarbonyl (C=S) groups is 1. The lowest BCUT2D eigenvalue weighted by Crippen LogP contribution is -3.15. The van der Waals surface area contributed by atoms with Crippen molar-refractivity contribution in [3.8, 4) is 0 Å². The number of hydrogen-bond acceptors (Lipinski definition) is 2. The molecule has 3 rings (SSSR count). The number of rotatable bonds is 5. The standard InChI is InChI=1S/C21H27N3OS/c1-16-8-6-7-11-19(16)23-21(26)22-17(2)20(18-9-4-3-5-10-18)24-12-14-25-15-13-24/h3-11,17,20H,12-15H2,1-2H3,(H2,22,23,26)/p+1/t17-,20+/m1/s1. The minimum absolute atomic E-state index is 0.203. The van der Waals surface area contributed by atoms with E-state index in [2.05, 4.69) is 66.9 Å². The molecule has 0 amide bonds. The summed E-state index contributed by atoms with van der Waals surface area (Å²) in [6.45, 7) is 7.96. The first-order chi connectivity index (χ1) is 12.6. The Bertz CT molecular complexity index is 716. The van der Waals surface area contributed by atoms with Crippen molar-refractivity contribution in [3.63, 3.8) is 0 Å². The highest BCUT2D eigenvalue weighted by atomic mass is 32.1. The maximum absolute atomic E-state index is 5.59. The van der Waals surface area contributed by atoms with Gasteiger partial charge in [0.05, 0.1) is 19.3 Å². The molecule has 0 aliphatic carbocycles. The van der Waals surface area contributed by atoms with Gasteiger partial charge < -0.3 is 20.3 Å². The summed E-state index contributed by atoms with van der Waals surface area (Å²) in [5.74, 6) is 0. The maximum atomic E-state index is 5.59. The van der Waals surface area contributed by atoms with Gasteiger partial charge in [-0.25, -0.2) is 0 Å². The lowest BCUT2D eigenvalue weighted by Gasteiger charge is -2.35. The van der Waals surface area contributed by atoms with Crippen molar-refractivity contribution in [2.24, 2.45) is 0 Å². The summed E-state index contributed by atoms with van der Waals surface area (Å²) in [5, 5.41) is 7.51. The van der Waals surface area contributed by atoms with E-state index >= 15 is 0 Å².